The summed E-state index contributed by atoms with van der Waals surface area (Å²) >= 11 is 5.91. The molecule has 0 aliphatic rings. The lowest BCUT2D eigenvalue weighted by molar-refractivity contribution is 0.102. The summed E-state index contributed by atoms with van der Waals surface area (Å²) in [4.78, 5) is 12.1. The van der Waals surface area contributed by atoms with Gasteiger partial charge in [0.25, 0.3) is 5.91 Å². The van der Waals surface area contributed by atoms with Crippen LogP contribution in [0, 0.1) is 0 Å². The largest absolute Gasteiger partial charge is 0.494 e. The van der Waals surface area contributed by atoms with Crippen LogP contribution < -0.4 is 15.8 Å². The van der Waals surface area contributed by atoms with Gasteiger partial charge in [0.2, 0.25) is 0 Å². The van der Waals surface area contributed by atoms with Gasteiger partial charge in [-0.05, 0) is 48.9 Å². The number of benzene rings is 2. The number of nitrogen functional groups attached to an aromatic ring is 1. The average Bonchev–Trinajstić information content (AvgIpc) is 2.49. The van der Waals surface area contributed by atoms with E-state index in [1.54, 1.807) is 30.3 Å². The minimum atomic E-state index is -0.237. The Morgan fingerprint density at radius 3 is 2.57 bits per heavy atom. The van der Waals surface area contributed by atoms with Crippen LogP contribution in [0.25, 0.3) is 0 Å². The highest BCUT2D eigenvalue weighted by Crippen LogP contribution is 2.21. The van der Waals surface area contributed by atoms with E-state index >= 15 is 0 Å². The predicted octanol–water partition coefficient (Wildman–Crippen LogP) is 3.96. The number of rotatable bonds is 5. The zero-order valence-electron chi connectivity index (χ0n) is 11.7. The molecule has 110 valence electrons. The van der Waals surface area contributed by atoms with Crippen molar-refractivity contribution in [3.8, 4) is 5.75 Å². The van der Waals surface area contributed by atoms with Crippen molar-refractivity contribution in [2.75, 3.05) is 17.7 Å². The summed E-state index contributed by atoms with van der Waals surface area (Å²) in [7, 11) is 0. The second-order valence-electron chi connectivity index (χ2n) is 4.56. The Morgan fingerprint density at radius 2 is 1.95 bits per heavy atom. The Labute approximate surface area is 128 Å². The first-order chi connectivity index (χ1) is 10.1. The highest BCUT2D eigenvalue weighted by molar-refractivity contribution is 6.33. The zero-order chi connectivity index (χ0) is 15.2. The maximum absolute atomic E-state index is 12.1. The SMILES string of the molecule is CCCOc1ccc(NC(=O)c2ccc(N)c(Cl)c2)cc1. The van der Waals surface area contributed by atoms with E-state index in [4.69, 9.17) is 22.1 Å². The molecule has 0 saturated heterocycles. The Balaban J connectivity index is 2.03. The third kappa shape index (κ3) is 4.13. The second kappa shape index (κ2) is 6.99. The van der Waals surface area contributed by atoms with Crippen LogP contribution in [0.5, 0.6) is 5.75 Å². The van der Waals surface area contributed by atoms with Crippen molar-refractivity contribution < 1.29 is 9.53 Å². The summed E-state index contributed by atoms with van der Waals surface area (Å²) in [5, 5.41) is 3.16. The normalized spacial score (nSPS) is 10.2. The van der Waals surface area contributed by atoms with E-state index in [2.05, 4.69) is 5.32 Å². The lowest BCUT2D eigenvalue weighted by Crippen LogP contribution is -2.12. The second-order valence-corrected chi connectivity index (χ2v) is 4.97. The third-order valence-electron chi connectivity index (χ3n) is 2.85. The molecule has 0 bridgehead atoms. The minimum Gasteiger partial charge on any atom is -0.494 e. The number of anilines is 2. The van der Waals surface area contributed by atoms with E-state index in [9.17, 15) is 4.79 Å². The quantitative estimate of drug-likeness (QED) is 0.822. The van der Waals surface area contributed by atoms with Gasteiger partial charge in [-0.3, -0.25) is 4.79 Å². The molecule has 4 nitrogen and oxygen atoms in total. The van der Waals surface area contributed by atoms with Crippen molar-refractivity contribution in [1.82, 2.24) is 0 Å². The standard InChI is InChI=1S/C16H17ClN2O2/c1-2-9-21-13-6-4-12(5-7-13)19-16(20)11-3-8-15(18)14(17)10-11/h3-8,10H,2,9,18H2,1H3,(H,19,20). The number of halogens is 1. The molecule has 3 N–H and O–H groups in total. The Morgan fingerprint density at radius 1 is 1.24 bits per heavy atom. The monoisotopic (exact) mass is 304 g/mol. The number of carbonyl (C=O) groups is 1. The van der Waals surface area contributed by atoms with Crippen LogP contribution in [0.1, 0.15) is 23.7 Å². The third-order valence-corrected chi connectivity index (χ3v) is 3.18. The fourth-order valence-electron chi connectivity index (χ4n) is 1.73. The molecular formula is C16H17ClN2O2. The van der Waals surface area contributed by atoms with E-state index in [1.165, 1.54) is 0 Å². The molecule has 0 saturated carbocycles. The van der Waals surface area contributed by atoms with Crippen LogP contribution in [-0.2, 0) is 0 Å². The van der Waals surface area contributed by atoms with Crippen molar-refractivity contribution in [2.24, 2.45) is 0 Å². The Bertz CT molecular complexity index is 627. The Kier molecular flexibility index (Phi) is 5.06. The van der Waals surface area contributed by atoms with Crippen molar-refractivity contribution in [3.63, 3.8) is 0 Å². The van der Waals surface area contributed by atoms with Crippen molar-refractivity contribution in [3.05, 3.63) is 53.1 Å². The molecule has 0 heterocycles. The number of hydrogen-bond donors (Lipinski definition) is 2. The summed E-state index contributed by atoms with van der Waals surface area (Å²) < 4.78 is 5.48. The van der Waals surface area contributed by atoms with Gasteiger partial charge in [-0.25, -0.2) is 0 Å². The summed E-state index contributed by atoms with van der Waals surface area (Å²) in [6.07, 6.45) is 0.955. The lowest BCUT2D eigenvalue weighted by atomic mass is 10.2. The maximum Gasteiger partial charge on any atom is 0.255 e. The molecular weight excluding hydrogens is 288 g/mol. The lowest BCUT2D eigenvalue weighted by Gasteiger charge is -2.08. The van der Waals surface area contributed by atoms with Crippen LogP contribution in [-0.4, -0.2) is 12.5 Å². The van der Waals surface area contributed by atoms with Gasteiger partial charge >= 0.3 is 0 Å². The van der Waals surface area contributed by atoms with Crippen LogP contribution in [0.3, 0.4) is 0 Å². The van der Waals surface area contributed by atoms with Gasteiger partial charge in [0.1, 0.15) is 5.75 Å². The van der Waals surface area contributed by atoms with Crippen molar-refractivity contribution >= 4 is 28.9 Å². The van der Waals surface area contributed by atoms with E-state index in [0.29, 0.717) is 28.6 Å². The molecule has 0 fully saturated rings. The van der Waals surface area contributed by atoms with Gasteiger partial charge in [-0.2, -0.15) is 0 Å². The summed E-state index contributed by atoms with van der Waals surface area (Å²) in [6, 6.07) is 12.0. The molecule has 0 radical (unpaired) electrons. The number of ether oxygens (including phenoxy) is 1. The van der Waals surface area contributed by atoms with Gasteiger partial charge < -0.3 is 15.8 Å². The maximum atomic E-state index is 12.1. The molecule has 0 aliphatic carbocycles. The molecule has 0 aromatic heterocycles. The van der Waals surface area contributed by atoms with E-state index in [0.717, 1.165) is 12.2 Å². The molecule has 21 heavy (non-hydrogen) atoms. The smallest absolute Gasteiger partial charge is 0.255 e. The van der Waals surface area contributed by atoms with Crippen LogP contribution >= 0.6 is 11.6 Å². The molecule has 5 heteroatoms. The molecule has 0 atom stereocenters. The fourth-order valence-corrected chi connectivity index (χ4v) is 1.91. The number of nitrogens with two attached hydrogens (primary N) is 1. The van der Waals surface area contributed by atoms with Crippen molar-refractivity contribution in [1.29, 1.82) is 0 Å². The van der Waals surface area contributed by atoms with Crippen LogP contribution in [0.4, 0.5) is 11.4 Å². The average molecular weight is 305 g/mol. The highest BCUT2D eigenvalue weighted by atomic mass is 35.5. The number of hydrogen-bond acceptors (Lipinski definition) is 3. The summed E-state index contributed by atoms with van der Waals surface area (Å²) in [5.41, 5.74) is 7.22. The zero-order valence-corrected chi connectivity index (χ0v) is 12.5. The van der Waals surface area contributed by atoms with Gasteiger partial charge in [0, 0.05) is 11.3 Å². The molecule has 2 aromatic carbocycles. The highest BCUT2D eigenvalue weighted by Gasteiger charge is 2.08. The minimum absolute atomic E-state index is 0.237. The first kappa shape index (κ1) is 15.2. The van der Waals surface area contributed by atoms with Crippen molar-refractivity contribution in [2.45, 2.75) is 13.3 Å². The topological polar surface area (TPSA) is 64.3 Å². The van der Waals surface area contributed by atoms with Gasteiger partial charge in [-0.1, -0.05) is 18.5 Å². The predicted molar refractivity (Wildman–Crippen MR) is 86.0 cm³/mol. The fraction of sp³-hybridized carbons (Fsp3) is 0.188. The summed E-state index contributed by atoms with van der Waals surface area (Å²) in [5.74, 6) is 0.546. The van der Waals surface area contributed by atoms with Gasteiger partial charge in [0.15, 0.2) is 0 Å². The number of amides is 1. The molecule has 1 amide bonds. The van der Waals surface area contributed by atoms with E-state index in [-0.39, 0.29) is 5.91 Å². The molecule has 2 aromatic rings. The molecule has 0 aliphatic heterocycles. The van der Waals surface area contributed by atoms with E-state index < -0.39 is 0 Å². The molecule has 2 rings (SSSR count). The summed E-state index contributed by atoms with van der Waals surface area (Å²) in [6.45, 7) is 2.72. The first-order valence-corrected chi connectivity index (χ1v) is 7.07. The number of nitrogens with one attached hydrogen (secondary N) is 1. The van der Waals surface area contributed by atoms with Crippen LogP contribution in [0.15, 0.2) is 42.5 Å². The molecule has 0 spiro atoms. The number of carbonyl (C=O) groups excluding carboxylic acids is 1. The van der Waals surface area contributed by atoms with E-state index in [1.807, 2.05) is 19.1 Å². The molecule has 0 unspecified atom stereocenters. The van der Waals surface area contributed by atoms with Gasteiger partial charge in [0.05, 0.1) is 17.3 Å². The van der Waals surface area contributed by atoms with Gasteiger partial charge in [-0.15, -0.1) is 0 Å². The first-order valence-electron chi connectivity index (χ1n) is 6.69. The van der Waals surface area contributed by atoms with Crippen LogP contribution in [0.2, 0.25) is 5.02 Å². The Hall–Kier alpha value is -2.20.